The summed E-state index contributed by atoms with van der Waals surface area (Å²) >= 11 is 0. The zero-order chi connectivity index (χ0) is 11.7. The van der Waals surface area contributed by atoms with Gasteiger partial charge >= 0.3 is 6.03 Å². The molecule has 5 heteroatoms. The molecular formula is C10H20N4O. The molecule has 0 fully saturated rings. The predicted molar refractivity (Wildman–Crippen MR) is 59.1 cm³/mol. The van der Waals surface area contributed by atoms with Crippen molar-refractivity contribution in [2.45, 2.75) is 26.7 Å². The van der Waals surface area contributed by atoms with Gasteiger partial charge in [-0.05, 0) is 33.2 Å². The summed E-state index contributed by atoms with van der Waals surface area (Å²) in [5, 5.41) is 14.4. The highest BCUT2D eigenvalue weighted by atomic mass is 16.2. The lowest BCUT2D eigenvalue weighted by molar-refractivity contribution is 0.249. The van der Waals surface area contributed by atoms with Gasteiger partial charge in [-0.1, -0.05) is 0 Å². The van der Waals surface area contributed by atoms with Crippen LogP contribution < -0.4 is 16.4 Å². The lowest BCUT2D eigenvalue weighted by Crippen LogP contribution is -2.35. The van der Waals surface area contributed by atoms with Crippen molar-refractivity contribution in [1.29, 1.82) is 5.26 Å². The van der Waals surface area contributed by atoms with Crippen LogP contribution in [0.1, 0.15) is 26.7 Å². The Morgan fingerprint density at radius 1 is 1.40 bits per heavy atom. The van der Waals surface area contributed by atoms with Crippen LogP contribution in [0.25, 0.3) is 0 Å². The first-order chi connectivity index (χ1) is 6.98. The van der Waals surface area contributed by atoms with Gasteiger partial charge in [0.2, 0.25) is 0 Å². The smallest absolute Gasteiger partial charge is 0.312 e. The van der Waals surface area contributed by atoms with Crippen LogP contribution in [0.15, 0.2) is 0 Å². The molecule has 0 saturated carbocycles. The maximum atomic E-state index is 10.3. The Morgan fingerprint density at radius 2 is 2.07 bits per heavy atom. The Bertz CT molecular complexity index is 232. The molecule has 2 amide bonds. The van der Waals surface area contributed by atoms with E-state index in [0.717, 1.165) is 19.4 Å². The minimum Gasteiger partial charge on any atom is -0.352 e. The number of hydrogen-bond acceptors (Lipinski definition) is 3. The van der Waals surface area contributed by atoms with E-state index in [1.54, 1.807) is 0 Å². The van der Waals surface area contributed by atoms with Crippen molar-refractivity contribution in [2.24, 2.45) is 11.1 Å². The zero-order valence-corrected chi connectivity index (χ0v) is 9.47. The number of carbonyl (C=O) groups is 1. The van der Waals surface area contributed by atoms with Gasteiger partial charge in [0, 0.05) is 13.1 Å². The van der Waals surface area contributed by atoms with Gasteiger partial charge < -0.3 is 16.4 Å². The molecule has 5 nitrogen and oxygen atoms in total. The largest absolute Gasteiger partial charge is 0.352 e. The number of urea groups is 1. The molecule has 0 saturated heterocycles. The Morgan fingerprint density at radius 3 is 2.60 bits per heavy atom. The van der Waals surface area contributed by atoms with Gasteiger partial charge in [-0.3, -0.25) is 0 Å². The first kappa shape index (κ1) is 13.7. The summed E-state index contributed by atoms with van der Waals surface area (Å²) in [4.78, 5) is 10.3. The molecule has 0 atom stereocenters. The summed E-state index contributed by atoms with van der Waals surface area (Å²) in [7, 11) is 0. The highest BCUT2D eigenvalue weighted by Gasteiger charge is 2.14. The number of nitrogens with two attached hydrogens (primary N) is 1. The van der Waals surface area contributed by atoms with Gasteiger partial charge in [-0.2, -0.15) is 5.26 Å². The van der Waals surface area contributed by atoms with Crippen LogP contribution in [-0.4, -0.2) is 25.7 Å². The highest BCUT2D eigenvalue weighted by Crippen LogP contribution is 2.19. The van der Waals surface area contributed by atoms with Gasteiger partial charge in [-0.25, -0.2) is 4.79 Å². The maximum absolute atomic E-state index is 10.3. The SMILES string of the molecule is CC(C)(C#N)CCCNCCNC(N)=O. The average molecular weight is 212 g/mol. The van der Waals surface area contributed by atoms with Crippen molar-refractivity contribution >= 4 is 6.03 Å². The van der Waals surface area contributed by atoms with E-state index < -0.39 is 6.03 Å². The molecule has 0 aromatic heterocycles. The van der Waals surface area contributed by atoms with E-state index in [-0.39, 0.29) is 5.41 Å². The summed E-state index contributed by atoms with van der Waals surface area (Å²) in [5.74, 6) is 0. The van der Waals surface area contributed by atoms with Gasteiger partial charge in [0.1, 0.15) is 0 Å². The number of nitrogens with zero attached hydrogens (tertiary/aromatic N) is 1. The molecule has 0 bridgehead atoms. The van der Waals surface area contributed by atoms with E-state index in [9.17, 15) is 4.79 Å². The highest BCUT2D eigenvalue weighted by molar-refractivity contribution is 5.71. The zero-order valence-electron chi connectivity index (χ0n) is 9.47. The molecular weight excluding hydrogens is 192 g/mol. The first-order valence-electron chi connectivity index (χ1n) is 5.13. The average Bonchev–Trinajstić information content (AvgIpc) is 2.16. The molecule has 0 aromatic carbocycles. The van der Waals surface area contributed by atoms with Crippen LogP contribution in [-0.2, 0) is 0 Å². The summed E-state index contributed by atoms with van der Waals surface area (Å²) in [6, 6.07) is 1.76. The number of hydrogen-bond donors (Lipinski definition) is 3. The molecule has 0 aliphatic heterocycles. The standard InChI is InChI=1S/C10H20N4O/c1-10(2,8-11)4-3-5-13-6-7-14-9(12)15/h13H,3-7H2,1-2H3,(H3,12,14,15). The van der Waals surface area contributed by atoms with Crippen LogP contribution >= 0.6 is 0 Å². The third kappa shape index (κ3) is 9.03. The van der Waals surface area contributed by atoms with Crippen LogP contribution in [0.4, 0.5) is 4.79 Å². The van der Waals surface area contributed by atoms with Gasteiger partial charge in [0.25, 0.3) is 0 Å². The monoisotopic (exact) mass is 212 g/mol. The van der Waals surface area contributed by atoms with Crippen LogP contribution in [0.3, 0.4) is 0 Å². The van der Waals surface area contributed by atoms with Crippen molar-refractivity contribution in [3.8, 4) is 6.07 Å². The van der Waals surface area contributed by atoms with Crippen LogP contribution in [0, 0.1) is 16.7 Å². The van der Waals surface area contributed by atoms with Crippen molar-refractivity contribution in [1.82, 2.24) is 10.6 Å². The molecule has 0 aromatic rings. The van der Waals surface area contributed by atoms with Gasteiger partial charge in [0.15, 0.2) is 0 Å². The van der Waals surface area contributed by atoms with E-state index in [1.165, 1.54) is 0 Å². The molecule has 0 aliphatic rings. The number of carbonyl (C=O) groups excluding carboxylic acids is 1. The van der Waals surface area contributed by atoms with Crippen LogP contribution in [0.2, 0.25) is 0 Å². The normalized spacial score (nSPS) is 10.7. The minimum atomic E-state index is -0.498. The molecule has 86 valence electrons. The summed E-state index contributed by atoms with van der Waals surface area (Å²) in [5.41, 5.74) is 4.65. The molecule has 0 spiro atoms. The molecule has 0 aliphatic carbocycles. The second-order valence-electron chi connectivity index (χ2n) is 4.14. The Kier molecular flexibility index (Phi) is 6.47. The summed E-state index contributed by atoms with van der Waals surface area (Å²) in [6.45, 7) is 5.96. The third-order valence-electron chi connectivity index (χ3n) is 2.06. The molecule has 15 heavy (non-hydrogen) atoms. The first-order valence-corrected chi connectivity index (χ1v) is 5.13. The summed E-state index contributed by atoms with van der Waals surface area (Å²) in [6.07, 6.45) is 1.83. The topological polar surface area (TPSA) is 90.9 Å². The van der Waals surface area contributed by atoms with E-state index >= 15 is 0 Å². The fourth-order valence-electron chi connectivity index (χ4n) is 1.11. The molecule has 0 heterocycles. The fourth-order valence-corrected chi connectivity index (χ4v) is 1.11. The van der Waals surface area contributed by atoms with E-state index in [4.69, 9.17) is 11.0 Å². The van der Waals surface area contributed by atoms with Gasteiger partial charge in [-0.15, -0.1) is 0 Å². The molecule has 0 unspecified atom stereocenters. The van der Waals surface area contributed by atoms with Crippen molar-refractivity contribution in [2.75, 3.05) is 19.6 Å². The van der Waals surface area contributed by atoms with E-state index in [1.807, 2.05) is 13.8 Å². The Balaban J connectivity index is 3.26. The molecule has 4 N–H and O–H groups in total. The number of primary amides is 1. The number of rotatable bonds is 7. The predicted octanol–water partition coefficient (Wildman–Crippen LogP) is 0.574. The quantitative estimate of drug-likeness (QED) is 0.539. The number of nitriles is 1. The second-order valence-corrected chi connectivity index (χ2v) is 4.14. The number of nitrogens with one attached hydrogen (secondary N) is 2. The summed E-state index contributed by atoms with van der Waals surface area (Å²) < 4.78 is 0. The van der Waals surface area contributed by atoms with E-state index in [0.29, 0.717) is 13.1 Å². The molecule has 0 rings (SSSR count). The molecule has 0 radical (unpaired) electrons. The second kappa shape index (κ2) is 7.07. The Hall–Kier alpha value is -1.28. The number of amides is 2. The van der Waals surface area contributed by atoms with Crippen molar-refractivity contribution in [3.63, 3.8) is 0 Å². The lowest BCUT2D eigenvalue weighted by Gasteiger charge is -2.14. The maximum Gasteiger partial charge on any atom is 0.312 e. The lowest BCUT2D eigenvalue weighted by atomic mass is 9.90. The fraction of sp³-hybridized carbons (Fsp3) is 0.800. The van der Waals surface area contributed by atoms with Gasteiger partial charge in [0.05, 0.1) is 11.5 Å². The third-order valence-corrected chi connectivity index (χ3v) is 2.06. The minimum absolute atomic E-state index is 0.243. The van der Waals surface area contributed by atoms with E-state index in [2.05, 4.69) is 16.7 Å². The Labute approximate surface area is 91.0 Å². The van der Waals surface area contributed by atoms with Crippen molar-refractivity contribution < 1.29 is 4.79 Å². The van der Waals surface area contributed by atoms with Crippen LogP contribution in [0.5, 0.6) is 0 Å². The van der Waals surface area contributed by atoms with Crippen molar-refractivity contribution in [3.05, 3.63) is 0 Å².